The third-order valence-corrected chi connectivity index (χ3v) is 5.23. The number of aromatic nitrogens is 3. The van der Waals surface area contributed by atoms with Gasteiger partial charge in [0.05, 0.1) is 18.6 Å². The first-order valence-corrected chi connectivity index (χ1v) is 10.0. The Morgan fingerprint density at radius 1 is 1.25 bits per heavy atom. The highest BCUT2D eigenvalue weighted by Gasteiger charge is 2.12. The van der Waals surface area contributed by atoms with Gasteiger partial charge in [0, 0.05) is 7.05 Å². The predicted molar refractivity (Wildman–Crippen MR) is 107 cm³/mol. The standard InChI is InChI=1S/C20H24N4O3S/c1-14(2)15-6-8-16(9-7-15)27-12-18-22-23-20(24(18)3)28-13-19(25)21-11-17-5-4-10-26-17/h4-10,14H,11-13H2,1-3H3,(H,21,25). The lowest BCUT2D eigenvalue weighted by Gasteiger charge is -2.09. The zero-order valence-electron chi connectivity index (χ0n) is 16.2. The van der Waals surface area contributed by atoms with Gasteiger partial charge in [0.1, 0.15) is 18.1 Å². The third kappa shape index (κ3) is 5.39. The molecule has 0 fully saturated rings. The third-order valence-electron chi connectivity index (χ3n) is 4.21. The number of ether oxygens (including phenoxy) is 1. The van der Waals surface area contributed by atoms with Crippen LogP contribution in [-0.2, 0) is 25.0 Å². The van der Waals surface area contributed by atoms with E-state index in [1.807, 2.05) is 29.8 Å². The molecule has 0 spiro atoms. The van der Waals surface area contributed by atoms with Crippen LogP contribution >= 0.6 is 11.8 Å². The van der Waals surface area contributed by atoms with Crippen molar-refractivity contribution in [2.24, 2.45) is 7.05 Å². The van der Waals surface area contributed by atoms with Crippen molar-refractivity contribution < 1.29 is 13.9 Å². The number of nitrogens with one attached hydrogen (secondary N) is 1. The highest BCUT2D eigenvalue weighted by Crippen LogP contribution is 2.20. The maximum absolute atomic E-state index is 12.0. The van der Waals surface area contributed by atoms with Crippen LogP contribution in [0.15, 0.2) is 52.2 Å². The number of furan rings is 1. The lowest BCUT2D eigenvalue weighted by Crippen LogP contribution is -2.24. The second-order valence-electron chi connectivity index (χ2n) is 6.61. The number of benzene rings is 1. The number of carbonyl (C=O) groups is 1. The molecule has 3 aromatic rings. The molecule has 7 nitrogen and oxygen atoms in total. The van der Waals surface area contributed by atoms with Gasteiger partial charge in [-0.15, -0.1) is 10.2 Å². The molecular weight excluding hydrogens is 376 g/mol. The largest absolute Gasteiger partial charge is 0.486 e. The minimum Gasteiger partial charge on any atom is -0.486 e. The van der Waals surface area contributed by atoms with E-state index in [0.29, 0.717) is 30.1 Å². The molecule has 0 bridgehead atoms. The van der Waals surface area contributed by atoms with E-state index in [-0.39, 0.29) is 11.7 Å². The molecule has 0 aliphatic rings. The van der Waals surface area contributed by atoms with Gasteiger partial charge in [0.25, 0.3) is 0 Å². The average molecular weight is 401 g/mol. The molecular formula is C20H24N4O3S. The van der Waals surface area contributed by atoms with E-state index < -0.39 is 0 Å². The van der Waals surface area contributed by atoms with Crippen LogP contribution < -0.4 is 10.1 Å². The van der Waals surface area contributed by atoms with E-state index in [1.54, 1.807) is 12.3 Å². The summed E-state index contributed by atoms with van der Waals surface area (Å²) in [6.45, 7) is 5.01. The summed E-state index contributed by atoms with van der Waals surface area (Å²) >= 11 is 1.33. The van der Waals surface area contributed by atoms with E-state index in [2.05, 4.69) is 41.5 Å². The minimum absolute atomic E-state index is 0.0903. The number of amides is 1. The first kappa shape index (κ1) is 20.0. The van der Waals surface area contributed by atoms with Crippen LogP contribution in [0.5, 0.6) is 5.75 Å². The summed E-state index contributed by atoms with van der Waals surface area (Å²) in [6, 6.07) is 11.7. The molecule has 0 saturated carbocycles. The van der Waals surface area contributed by atoms with Crippen LogP contribution in [0.3, 0.4) is 0 Å². The molecule has 0 radical (unpaired) electrons. The highest BCUT2D eigenvalue weighted by molar-refractivity contribution is 7.99. The summed E-state index contributed by atoms with van der Waals surface area (Å²) in [5.41, 5.74) is 1.27. The first-order valence-electron chi connectivity index (χ1n) is 9.06. The molecule has 0 aliphatic carbocycles. The summed E-state index contributed by atoms with van der Waals surface area (Å²) < 4.78 is 12.8. The molecule has 2 aromatic heterocycles. The van der Waals surface area contributed by atoms with Crippen molar-refractivity contribution in [3.05, 3.63) is 59.8 Å². The fraction of sp³-hybridized carbons (Fsp3) is 0.350. The maximum atomic E-state index is 12.0. The Hall–Kier alpha value is -2.74. The van der Waals surface area contributed by atoms with Crippen molar-refractivity contribution in [1.29, 1.82) is 0 Å². The SMILES string of the molecule is CC(C)c1ccc(OCc2nnc(SCC(=O)NCc3ccco3)n2C)cc1. The van der Waals surface area contributed by atoms with Gasteiger partial charge in [-0.25, -0.2) is 0 Å². The Labute approximate surface area is 168 Å². The second kappa shape index (κ2) is 9.45. The fourth-order valence-corrected chi connectivity index (χ4v) is 3.23. The molecule has 28 heavy (non-hydrogen) atoms. The predicted octanol–water partition coefficient (Wildman–Crippen LogP) is 3.52. The zero-order chi connectivity index (χ0) is 19.9. The average Bonchev–Trinajstić information content (AvgIpc) is 3.33. The van der Waals surface area contributed by atoms with Crippen LogP contribution in [0.2, 0.25) is 0 Å². The normalized spacial score (nSPS) is 11.0. The van der Waals surface area contributed by atoms with Crippen molar-refractivity contribution in [1.82, 2.24) is 20.1 Å². The number of nitrogens with zero attached hydrogens (tertiary/aromatic N) is 3. The highest BCUT2D eigenvalue weighted by atomic mass is 32.2. The summed E-state index contributed by atoms with van der Waals surface area (Å²) in [4.78, 5) is 12.0. The maximum Gasteiger partial charge on any atom is 0.230 e. The van der Waals surface area contributed by atoms with Gasteiger partial charge in [-0.05, 0) is 35.7 Å². The number of rotatable bonds is 9. The lowest BCUT2D eigenvalue weighted by atomic mass is 10.0. The molecule has 0 saturated heterocycles. The molecule has 1 aromatic carbocycles. The number of carbonyl (C=O) groups excluding carboxylic acids is 1. The van der Waals surface area contributed by atoms with Crippen LogP contribution in [0.25, 0.3) is 0 Å². The van der Waals surface area contributed by atoms with Gasteiger partial charge in [0.2, 0.25) is 5.91 Å². The molecule has 3 rings (SSSR count). The van der Waals surface area contributed by atoms with Crippen molar-refractivity contribution in [3.63, 3.8) is 0 Å². The number of thioether (sulfide) groups is 1. The van der Waals surface area contributed by atoms with Crippen LogP contribution in [0.1, 0.15) is 36.9 Å². The Balaban J connectivity index is 1.47. The van der Waals surface area contributed by atoms with Gasteiger partial charge in [-0.1, -0.05) is 37.7 Å². The molecule has 1 amide bonds. The molecule has 0 atom stereocenters. The number of hydrogen-bond acceptors (Lipinski definition) is 6. The van der Waals surface area contributed by atoms with Gasteiger partial charge in [-0.2, -0.15) is 0 Å². The van der Waals surface area contributed by atoms with Crippen LogP contribution in [0, 0.1) is 0 Å². The molecule has 8 heteroatoms. The zero-order valence-corrected chi connectivity index (χ0v) is 17.0. The van der Waals surface area contributed by atoms with E-state index in [4.69, 9.17) is 9.15 Å². The quantitative estimate of drug-likeness (QED) is 0.554. The number of hydrogen-bond donors (Lipinski definition) is 1. The Kier molecular flexibility index (Phi) is 6.76. The summed E-state index contributed by atoms with van der Waals surface area (Å²) in [5.74, 6) is 2.86. The fourth-order valence-electron chi connectivity index (χ4n) is 2.47. The van der Waals surface area contributed by atoms with Crippen molar-refractivity contribution >= 4 is 17.7 Å². The molecule has 0 aliphatic heterocycles. The molecule has 0 unspecified atom stereocenters. The summed E-state index contributed by atoms with van der Waals surface area (Å²) in [7, 11) is 1.86. The van der Waals surface area contributed by atoms with Crippen LogP contribution in [-0.4, -0.2) is 26.4 Å². The van der Waals surface area contributed by atoms with Crippen LogP contribution in [0.4, 0.5) is 0 Å². The van der Waals surface area contributed by atoms with Crippen molar-refractivity contribution in [2.75, 3.05) is 5.75 Å². The minimum atomic E-state index is -0.0903. The topological polar surface area (TPSA) is 82.2 Å². The van der Waals surface area contributed by atoms with Crippen molar-refractivity contribution in [2.45, 2.75) is 38.1 Å². The first-order chi connectivity index (χ1) is 13.5. The summed E-state index contributed by atoms with van der Waals surface area (Å²) in [6.07, 6.45) is 1.58. The van der Waals surface area contributed by atoms with Gasteiger partial charge < -0.3 is 19.0 Å². The molecule has 2 heterocycles. The monoisotopic (exact) mass is 400 g/mol. The Bertz CT molecular complexity index is 889. The Morgan fingerprint density at radius 3 is 2.71 bits per heavy atom. The summed E-state index contributed by atoms with van der Waals surface area (Å²) in [5, 5.41) is 11.8. The smallest absolute Gasteiger partial charge is 0.230 e. The van der Waals surface area contributed by atoms with Crippen molar-refractivity contribution in [3.8, 4) is 5.75 Å². The van der Waals surface area contributed by atoms with E-state index in [1.165, 1.54) is 17.3 Å². The lowest BCUT2D eigenvalue weighted by molar-refractivity contribution is -0.118. The van der Waals surface area contributed by atoms with Gasteiger partial charge >= 0.3 is 0 Å². The van der Waals surface area contributed by atoms with E-state index >= 15 is 0 Å². The van der Waals surface area contributed by atoms with Gasteiger partial charge in [-0.3, -0.25) is 4.79 Å². The van der Waals surface area contributed by atoms with E-state index in [9.17, 15) is 4.79 Å². The second-order valence-corrected chi connectivity index (χ2v) is 7.56. The van der Waals surface area contributed by atoms with Gasteiger partial charge in [0.15, 0.2) is 11.0 Å². The van der Waals surface area contributed by atoms with E-state index in [0.717, 1.165) is 11.5 Å². The molecule has 148 valence electrons. The molecule has 1 N–H and O–H groups in total. The Morgan fingerprint density at radius 2 is 2.04 bits per heavy atom.